The lowest BCUT2D eigenvalue weighted by Crippen LogP contribution is -2.05. The van der Waals surface area contributed by atoms with Crippen molar-refractivity contribution in [3.8, 4) is 0 Å². The topological polar surface area (TPSA) is 33.1 Å². The van der Waals surface area contributed by atoms with Crippen LogP contribution in [0.25, 0.3) is 0 Å². The molecule has 2 aromatic rings. The summed E-state index contributed by atoms with van der Waals surface area (Å²) in [6, 6.07) is 8.20. The molecule has 0 radical (unpaired) electrons. The lowest BCUT2D eigenvalue weighted by Gasteiger charge is -2.14. The SMILES string of the molecule is Cc1ncsc1CCC(CO)c1ccc(Br)cc1. The Balaban J connectivity index is 2.01. The van der Waals surface area contributed by atoms with Crippen LogP contribution in [-0.2, 0) is 6.42 Å². The molecule has 1 aromatic carbocycles. The molecule has 0 aliphatic carbocycles. The van der Waals surface area contributed by atoms with E-state index in [1.807, 2.05) is 24.6 Å². The summed E-state index contributed by atoms with van der Waals surface area (Å²) in [6.45, 7) is 2.24. The average Bonchev–Trinajstić information content (AvgIpc) is 2.78. The van der Waals surface area contributed by atoms with Gasteiger partial charge < -0.3 is 5.11 Å². The van der Waals surface area contributed by atoms with Crippen molar-refractivity contribution >= 4 is 27.3 Å². The Morgan fingerprint density at radius 1 is 1.33 bits per heavy atom. The van der Waals surface area contributed by atoms with Gasteiger partial charge in [0.05, 0.1) is 11.2 Å². The fourth-order valence-electron chi connectivity index (χ4n) is 1.97. The Bertz CT molecular complexity index is 495. The zero-order valence-corrected chi connectivity index (χ0v) is 12.7. The van der Waals surface area contributed by atoms with Gasteiger partial charge in [-0.3, -0.25) is 0 Å². The van der Waals surface area contributed by atoms with E-state index in [1.54, 1.807) is 11.3 Å². The third-order valence-corrected chi connectivity index (χ3v) is 4.65. The molecule has 0 saturated carbocycles. The molecule has 1 heterocycles. The average molecular weight is 326 g/mol. The number of hydrogen-bond donors (Lipinski definition) is 1. The van der Waals surface area contributed by atoms with Gasteiger partial charge >= 0.3 is 0 Å². The molecule has 0 fully saturated rings. The zero-order valence-electron chi connectivity index (χ0n) is 10.3. The molecular formula is C14H16BrNOS. The Morgan fingerprint density at radius 2 is 2.06 bits per heavy atom. The smallest absolute Gasteiger partial charge is 0.0797 e. The van der Waals surface area contributed by atoms with Crippen LogP contribution in [0, 0.1) is 6.92 Å². The number of aliphatic hydroxyl groups is 1. The molecule has 2 rings (SSSR count). The summed E-state index contributed by atoms with van der Waals surface area (Å²) in [5.74, 6) is 0.208. The fraction of sp³-hybridized carbons (Fsp3) is 0.357. The van der Waals surface area contributed by atoms with Crippen LogP contribution < -0.4 is 0 Å². The molecule has 0 saturated heterocycles. The summed E-state index contributed by atoms with van der Waals surface area (Å²) < 4.78 is 1.07. The van der Waals surface area contributed by atoms with Gasteiger partial charge in [0, 0.05) is 21.9 Å². The number of aryl methyl sites for hydroxylation is 2. The highest BCUT2D eigenvalue weighted by Crippen LogP contribution is 2.25. The maximum atomic E-state index is 9.52. The highest BCUT2D eigenvalue weighted by molar-refractivity contribution is 9.10. The van der Waals surface area contributed by atoms with E-state index in [0.717, 1.165) is 23.0 Å². The Labute approximate surface area is 120 Å². The summed E-state index contributed by atoms with van der Waals surface area (Å²) in [5.41, 5.74) is 4.20. The van der Waals surface area contributed by atoms with Crippen LogP contribution in [0.3, 0.4) is 0 Å². The number of halogens is 1. The normalized spacial score (nSPS) is 12.6. The molecule has 1 N–H and O–H groups in total. The van der Waals surface area contributed by atoms with Gasteiger partial charge in [0.1, 0.15) is 0 Å². The van der Waals surface area contributed by atoms with Gasteiger partial charge in [-0.05, 0) is 37.5 Å². The van der Waals surface area contributed by atoms with Crippen LogP contribution in [0.15, 0.2) is 34.2 Å². The first-order valence-electron chi connectivity index (χ1n) is 5.96. The minimum atomic E-state index is 0.194. The fourth-order valence-corrected chi connectivity index (χ4v) is 3.03. The van der Waals surface area contributed by atoms with Crippen molar-refractivity contribution < 1.29 is 5.11 Å². The van der Waals surface area contributed by atoms with Crippen LogP contribution in [-0.4, -0.2) is 16.7 Å². The first-order valence-corrected chi connectivity index (χ1v) is 7.63. The van der Waals surface area contributed by atoms with Crippen molar-refractivity contribution in [2.24, 2.45) is 0 Å². The monoisotopic (exact) mass is 325 g/mol. The van der Waals surface area contributed by atoms with Gasteiger partial charge in [-0.25, -0.2) is 4.98 Å². The molecule has 0 amide bonds. The molecule has 96 valence electrons. The van der Waals surface area contributed by atoms with Crippen molar-refractivity contribution in [2.45, 2.75) is 25.7 Å². The maximum Gasteiger partial charge on any atom is 0.0797 e. The van der Waals surface area contributed by atoms with Crippen molar-refractivity contribution in [2.75, 3.05) is 6.61 Å². The van der Waals surface area contributed by atoms with Gasteiger partial charge in [0.15, 0.2) is 0 Å². The molecule has 1 aromatic heterocycles. The molecule has 0 aliphatic heterocycles. The van der Waals surface area contributed by atoms with E-state index >= 15 is 0 Å². The number of aromatic nitrogens is 1. The summed E-state index contributed by atoms with van der Waals surface area (Å²) in [7, 11) is 0. The number of thiazole rings is 1. The van der Waals surface area contributed by atoms with Crippen LogP contribution in [0.5, 0.6) is 0 Å². The van der Waals surface area contributed by atoms with Gasteiger partial charge in [0.25, 0.3) is 0 Å². The van der Waals surface area contributed by atoms with Crippen LogP contribution in [0.2, 0.25) is 0 Å². The largest absolute Gasteiger partial charge is 0.396 e. The number of hydrogen-bond acceptors (Lipinski definition) is 3. The quantitative estimate of drug-likeness (QED) is 0.903. The molecule has 4 heteroatoms. The lowest BCUT2D eigenvalue weighted by atomic mass is 9.94. The Morgan fingerprint density at radius 3 is 2.61 bits per heavy atom. The Kier molecular flexibility index (Phi) is 4.92. The van der Waals surface area contributed by atoms with Gasteiger partial charge in [-0.1, -0.05) is 28.1 Å². The summed E-state index contributed by atoms with van der Waals surface area (Å²) in [4.78, 5) is 5.58. The van der Waals surface area contributed by atoms with Gasteiger partial charge in [-0.2, -0.15) is 0 Å². The number of aliphatic hydroxyl groups excluding tert-OH is 1. The molecule has 2 nitrogen and oxygen atoms in total. The predicted molar refractivity (Wildman–Crippen MR) is 79.1 cm³/mol. The molecular weight excluding hydrogens is 310 g/mol. The standard InChI is InChI=1S/C14H16BrNOS/c1-10-14(18-9-16-10)7-4-12(8-17)11-2-5-13(15)6-3-11/h2-3,5-6,9,12,17H,4,7-8H2,1H3. The summed E-state index contributed by atoms with van der Waals surface area (Å²) >= 11 is 5.13. The first-order chi connectivity index (χ1) is 8.70. The summed E-state index contributed by atoms with van der Waals surface area (Å²) in [6.07, 6.45) is 1.94. The van der Waals surface area contributed by atoms with Crippen molar-refractivity contribution in [3.05, 3.63) is 50.4 Å². The number of benzene rings is 1. The van der Waals surface area contributed by atoms with E-state index in [1.165, 1.54) is 10.4 Å². The zero-order chi connectivity index (χ0) is 13.0. The van der Waals surface area contributed by atoms with E-state index in [9.17, 15) is 5.11 Å². The third-order valence-electron chi connectivity index (χ3n) is 3.13. The maximum absolute atomic E-state index is 9.52. The molecule has 1 atom stereocenters. The highest BCUT2D eigenvalue weighted by Gasteiger charge is 2.12. The number of nitrogens with zero attached hydrogens (tertiary/aromatic N) is 1. The molecule has 0 bridgehead atoms. The predicted octanol–water partition coefficient (Wildman–Crippen LogP) is 3.92. The van der Waals surface area contributed by atoms with E-state index in [2.05, 4.69) is 33.0 Å². The second kappa shape index (κ2) is 6.45. The van der Waals surface area contributed by atoms with Crippen LogP contribution in [0.1, 0.15) is 28.5 Å². The number of rotatable bonds is 5. The lowest BCUT2D eigenvalue weighted by molar-refractivity contribution is 0.259. The van der Waals surface area contributed by atoms with E-state index in [4.69, 9.17) is 0 Å². The van der Waals surface area contributed by atoms with Gasteiger partial charge in [-0.15, -0.1) is 11.3 Å². The molecule has 0 spiro atoms. The van der Waals surface area contributed by atoms with Crippen LogP contribution >= 0.6 is 27.3 Å². The molecule has 18 heavy (non-hydrogen) atoms. The minimum absolute atomic E-state index is 0.194. The molecule has 1 unspecified atom stereocenters. The highest BCUT2D eigenvalue weighted by atomic mass is 79.9. The third kappa shape index (κ3) is 3.40. The van der Waals surface area contributed by atoms with Crippen LogP contribution in [0.4, 0.5) is 0 Å². The van der Waals surface area contributed by atoms with Crippen molar-refractivity contribution in [3.63, 3.8) is 0 Å². The van der Waals surface area contributed by atoms with Gasteiger partial charge in [0.2, 0.25) is 0 Å². The van der Waals surface area contributed by atoms with E-state index in [0.29, 0.717) is 0 Å². The van der Waals surface area contributed by atoms with E-state index in [-0.39, 0.29) is 12.5 Å². The second-order valence-corrected chi connectivity index (χ2v) is 6.19. The Hall–Kier alpha value is -0.710. The molecule has 0 aliphatic rings. The minimum Gasteiger partial charge on any atom is -0.396 e. The summed E-state index contributed by atoms with van der Waals surface area (Å²) in [5, 5.41) is 9.52. The van der Waals surface area contributed by atoms with Crippen molar-refractivity contribution in [1.29, 1.82) is 0 Å². The second-order valence-electron chi connectivity index (χ2n) is 4.33. The van der Waals surface area contributed by atoms with E-state index < -0.39 is 0 Å². The first kappa shape index (κ1) is 13.7. The van der Waals surface area contributed by atoms with Crippen molar-refractivity contribution in [1.82, 2.24) is 4.98 Å².